The molecule has 152 valence electrons. The quantitative estimate of drug-likeness (QED) is 0.695. The summed E-state index contributed by atoms with van der Waals surface area (Å²) < 4.78 is 29.6. The molecule has 5 heterocycles. The Hall–Kier alpha value is -3.08. The summed E-state index contributed by atoms with van der Waals surface area (Å²) in [6.07, 6.45) is 3.06. The SMILES string of the molecule is Cc1nn(-c2nn3cccc3c(=O)[nH]2)cc1C(=O)N1CC(N2CCC(F)(F)C2)C1. The molecule has 0 aliphatic carbocycles. The Morgan fingerprint density at radius 2 is 2.10 bits per heavy atom. The van der Waals surface area contributed by atoms with Crippen molar-refractivity contribution >= 4 is 11.4 Å². The number of hydrogen-bond donors (Lipinski definition) is 1. The minimum absolute atomic E-state index is 0.0307. The molecule has 0 radical (unpaired) electrons. The predicted octanol–water partition coefficient (Wildman–Crippen LogP) is 0.682. The number of aryl methyl sites for hydroxylation is 1. The lowest BCUT2D eigenvalue weighted by Gasteiger charge is -2.43. The number of halogens is 2. The van der Waals surface area contributed by atoms with E-state index in [1.807, 2.05) is 0 Å². The first-order valence-corrected chi connectivity index (χ1v) is 9.36. The highest BCUT2D eigenvalue weighted by Crippen LogP contribution is 2.31. The Kier molecular flexibility index (Phi) is 3.85. The first-order chi connectivity index (χ1) is 13.8. The summed E-state index contributed by atoms with van der Waals surface area (Å²) in [4.78, 5) is 31.0. The highest BCUT2D eigenvalue weighted by Gasteiger charge is 2.45. The minimum atomic E-state index is -2.63. The highest BCUT2D eigenvalue weighted by molar-refractivity contribution is 5.95. The zero-order chi connectivity index (χ0) is 20.3. The molecule has 3 aromatic heterocycles. The number of hydrogen-bond acceptors (Lipinski definition) is 5. The molecule has 0 aromatic carbocycles. The number of carbonyl (C=O) groups excluding carboxylic acids is 1. The average Bonchev–Trinajstić information content (AvgIpc) is 3.32. The van der Waals surface area contributed by atoms with Crippen LogP contribution in [0.5, 0.6) is 0 Å². The van der Waals surface area contributed by atoms with Gasteiger partial charge in [0.15, 0.2) is 0 Å². The van der Waals surface area contributed by atoms with Crippen molar-refractivity contribution in [2.75, 3.05) is 26.2 Å². The third-order valence-corrected chi connectivity index (χ3v) is 5.60. The molecule has 5 rings (SSSR count). The molecule has 0 bridgehead atoms. The molecule has 2 fully saturated rings. The third kappa shape index (κ3) is 3.01. The van der Waals surface area contributed by atoms with E-state index in [0.29, 0.717) is 36.4 Å². The monoisotopic (exact) mass is 403 g/mol. The molecule has 1 amide bonds. The molecule has 0 saturated carbocycles. The van der Waals surface area contributed by atoms with Crippen molar-refractivity contribution in [1.29, 1.82) is 0 Å². The Balaban J connectivity index is 1.33. The molecule has 2 saturated heterocycles. The molecule has 3 aromatic rings. The average molecular weight is 403 g/mol. The lowest BCUT2D eigenvalue weighted by molar-refractivity contribution is -0.00874. The topological polar surface area (TPSA) is 91.5 Å². The predicted molar refractivity (Wildman–Crippen MR) is 98.5 cm³/mol. The van der Waals surface area contributed by atoms with Crippen molar-refractivity contribution in [2.45, 2.75) is 25.3 Å². The van der Waals surface area contributed by atoms with Gasteiger partial charge in [-0.25, -0.2) is 18.0 Å². The van der Waals surface area contributed by atoms with Crippen LogP contribution < -0.4 is 5.56 Å². The van der Waals surface area contributed by atoms with Crippen molar-refractivity contribution in [3.8, 4) is 5.95 Å². The second-order valence-corrected chi connectivity index (χ2v) is 7.63. The summed E-state index contributed by atoms with van der Waals surface area (Å²) in [7, 11) is 0. The van der Waals surface area contributed by atoms with Crippen molar-refractivity contribution in [1.82, 2.24) is 34.2 Å². The van der Waals surface area contributed by atoms with E-state index in [1.165, 1.54) is 15.4 Å². The van der Waals surface area contributed by atoms with Crippen LogP contribution in [0.25, 0.3) is 11.5 Å². The van der Waals surface area contributed by atoms with E-state index in [4.69, 9.17) is 0 Å². The van der Waals surface area contributed by atoms with Crippen molar-refractivity contribution in [3.63, 3.8) is 0 Å². The number of nitrogens with one attached hydrogen (secondary N) is 1. The van der Waals surface area contributed by atoms with Crippen LogP contribution in [-0.2, 0) is 0 Å². The molecule has 1 N–H and O–H groups in total. The number of nitrogens with zero attached hydrogens (tertiary/aromatic N) is 6. The number of aromatic nitrogens is 5. The summed E-state index contributed by atoms with van der Waals surface area (Å²) in [5, 5.41) is 8.60. The molecule has 0 unspecified atom stereocenters. The fraction of sp³-hybridized carbons (Fsp3) is 0.444. The molecule has 2 aliphatic heterocycles. The van der Waals surface area contributed by atoms with Gasteiger partial charge in [-0.15, -0.1) is 5.10 Å². The van der Waals surface area contributed by atoms with E-state index >= 15 is 0 Å². The van der Waals surface area contributed by atoms with Gasteiger partial charge in [-0.05, 0) is 19.1 Å². The van der Waals surface area contributed by atoms with Gasteiger partial charge < -0.3 is 4.90 Å². The molecular weight excluding hydrogens is 384 g/mol. The second-order valence-electron chi connectivity index (χ2n) is 7.63. The Morgan fingerprint density at radius 1 is 1.31 bits per heavy atom. The minimum Gasteiger partial charge on any atom is -0.335 e. The van der Waals surface area contributed by atoms with E-state index in [1.54, 1.807) is 35.1 Å². The summed E-state index contributed by atoms with van der Waals surface area (Å²) in [5.74, 6) is -2.64. The first kappa shape index (κ1) is 18.0. The fourth-order valence-electron chi connectivity index (χ4n) is 3.91. The zero-order valence-corrected chi connectivity index (χ0v) is 15.7. The van der Waals surface area contributed by atoms with Crippen LogP contribution in [-0.4, -0.2) is 78.2 Å². The molecule has 0 atom stereocenters. The van der Waals surface area contributed by atoms with Gasteiger partial charge in [0.25, 0.3) is 17.4 Å². The summed E-state index contributed by atoms with van der Waals surface area (Å²) in [5.41, 5.74) is 0.994. The summed E-state index contributed by atoms with van der Waals surface area (Å²) >= 11 is 0. The van der Waals surface area contributed by atoms with Gasteiger partial charge in [-0.1, -0.05) is 0 Å². The number of fused-ring (bicyclic) bond motifs is 1. The fourth-order valence-corrected chi connectivity index (χ4v) is 3.91. The van der Waals surface area contributed by atoms with Crippen LogP contribution in [0.4, 0.5) is 8.78 Å². The van der Waals surface area contributed by atoms with Crippen LogP contribution in [0.3, 0.4) is 0 Å². The molecule has 29 heavy (non-hydrogen) atoms. The standard InChI is InChI=1S/C18H19F2N7O2/c1-11-13(16(29)25-7-12(8-25)24-6-4-18(19,20)10-24)9-27(22-11)17-21-15(28)14-3-2-5-26(14)23-17/h2-3,5,9,12H,4,6-8,10H2,1H3,(H,21,23,28). The van der Waals surface area contributed by atoms with Crippen molar-refractivity contribution in [2.24, 2.45) is 0 Å². The normalized spacial score (nSPS) is 19.8. The van der Waals surface area contributed by atoms with Gasteiger partial charge in [0.05, 0.1) is 17.8 Å². The highest BCUT2D eigenvalue weighted by atomic mass is 19.3. The van der Waals surface area contributed by atoms with Gasteiger partial charge >= 0.3 is 0 Å². The van der Waals surface area contributed by atoms with E-state index in [-0.39, 0.29) is 36.4 Å². The summed E-state index contributed by atoms with van der Waals surface area (Å²) in [6.45, 7) is 2.66. The number of amides is 1. The van der Waals surface area contributed by atoms with Crippen LogP contribution in [0.2, 0.25) is 0 Å². The van der Waals surface area contributed by atoms with E-state index in [2.05, 4.69) is 15.2 Å². The number of rotatable bonds is 3. The second kappa shape index (κ2) is 6.21. The van der Waals surface area contributed by atoms with Gasteiger partial charge in [-0.3, -0.25) is 19.5 Å². The Bertz CT molecular complexity index is 1160. The van der Waals surface area contributed by atoms with Crippen LogP contribution in [0.1, 0.15) is 22.5 Å². The first-order valence-electron chi connectivity index (χ1n) is 9.36. The number of aromatic amines is 1. The maximum Gasteiger partial charge on any atom is 0.276 e. The Morgan fingerprint density at radius 3 is 2.83 bits per heavy atom. The van der Waals surface area contributed by atoms with E-state index < -0.39 is 5.92 Å². The lowest BCUT2D eigenvalue weighted by atomic mass is 10.1. The number of alkyl halides is 2. The number of likely N-dealkylation sites (tertiary alicyclic amines) is 2. The van der Waals surface area contributed by atoms with Crippen LogP contribution in [0, 0.1) is 6.92 Å². The van der Waals surface area contributed by atoms with Crippen molar-refractivity contribution < 1.29 is 13.6 Å². The van der Waals surface area contributed by atoms with E-state index in [0.717, 1.165) is 0 Å². The van der Waals surface area contributed by atoms with Gasteiger partial charge in [-0.2, -0.15) is 5.10 Å². The van der Waals surface area contributed by atoms with Crippen LogP contribution in [0.15, 0.2) is 29.3 Å². The van der Waals surface area contributed by atoms with Gasteiger partial charge in [0.2, 0.25) is 5.95 Å². The van der Waals surface area contributed by atoms with Crippen molar-refractivity contribution in [3.05, 3.63) is 46.1 Å². The maximum atomic E-state index is 13.4. The molecular formula is C18H19F2N7O2. The molecule has 0 spiro atoms. The van der Waals surface area contributed by atoms with Gasteiger partial charge in [0.1, 0.15) is 5.52 Å². The molecule has 11 heteroatoms. The van der Waals surface area contributed by atoms with Gasteiger partial charge in [0, 0.05) is 44.5 Å². The van der Waals surface area contributed by atoms with Crippen LogP contribution >= 0.6 is 0 Å². The number of carbonyl (C=O) groups is 1. The smallest absolute Gasteiger partial charge is 0.276 e. The molecule has 2 aliphatic rings. The number of H-pyrrole nitrogens is 1. The van der Waals surface area contributed by atoms with E-state index in [9.17, 15) is 18.4 Å². The maximum absolute atomic E-state index is 13.4. The largest absolute Gasteiger partial charge is 0.335 e. The zero-order valence-electron chi connectivity index (χ0n) is 15.7. The third-order valence-electron chi connectivity index (χ3n) is 5.60. The lowest BCUT2D eigenvalue weighted by Crippen LogP contribution is -2.60. The molecule has 9 nitrogen and oxygen atoms in total. The Labute approximate surface area is 163 Å². The summed E-state index contributed by atoms with van der Waals surface area (Å²) in [6, 6.07) is 3.33.